The van der Waals surface area contributed by atoms with Crippen molar-refractivity contribution in [3.05, 3.63) is 95.1 Å². The van der Waals surface area contributed by atoms with E-state index in [0.29, 0.717) is 34.0 Å². The van der Waals surface area contributed by atoms with Crippen LogP contribution in [-0.4, -0.2) is 22.2 Å². The lowest BCUT2D eigenvalue weighted by Gasteiger charge is -2.36. The predicted octanol–water partition coefficient (Wildman–Crippen LogP) is 7.29. The number of aromatic nitrogens is 1. The van der Waals surface area contributed by atoms with Gasteiger partial charge in [-0.3, -0.25) is 0 Å². The molecular formula is C30H25NO4. The minimum absolute atomic E-state index is 0.0463. The number of hydrogen-bond donors (Lipinski definition) is 1. The Morgan fingerprint density at radius 3 is 2.49 bits per heavy atom. The first kappa shape index (κ1) is 21.4. The first-order chi connectivity index (χ1) is 17.0. The van der Waals surface area contributed by atoms with Gasteiger partial charge in [-0.25, -0.2) is 9.78 Å². The Morgan fingerprint density at radius 1 is 1.00 bits per heavy atom. The molecule has 0 unspecified atom stereocenters. The van der Waals surface area contributed by atoms with E-state index in [1.54, 1.807) is 6.07 Å². The maximum atomic E-state index is 12.4. The molecule has 174 valence electrons. The summed E-state index contributed by atoms with van der Waals surface area (Å²) in [6, 6.07) is 23.6. The number of pyridine rings is 1. The van der Waals surface area contributed by atoms with Gasteiger partial charge in [-0.1, -0.05) is 54.6 Å². The monoisotopic (exact) mass is 463 g/mol. The van der Waals surface area contributed by atoms with Gasteiger partial charge in [-0.2, -0.15) is 0 Å². The molecule has 3 aromatic carbocycles. The fourth-order valence-corrected chi connectivity index (χ4v) is 5.08. The van der Waals surface area contributed by atoms with Crippen LogP contribution in [0.25, 0.3) is 33.3 Å². The van der Waals surface area contributed by atoms with E-state index < -0.39 is 5.97 Å². The zero-order valence-electron chi connectivity index (χ0n) is 19.6. The van der Waals surface area contributed by atoms with Crippen molar-refractivity contribution in [1.82, 2.24) is 4.98 Å². The van der Waals surface area contributed by atoms with E-state index in [4.69, 9.17) is 14.1 Å². The summed E-state index contributed by atoms with van der Waals surface area (Å²) >= 11 is 0. The number of carbonyl (C=O) groups is 1. The quantitative estimate of drug-likeness (QED) is 0.296. The third-order valence-electron chi connectivity index (χ3n) is 7.09. The molecule has 1 N–H and O–H groups in total. The predicted molar refractivity (Wildman–Crippen MR) is 136 cm³/mol. The van der Waals surface area contributed by atoms with Crippen LogP contribution >= 0.6 is 0 Å². The highest BCUT2D eigenvalue weighted by Gasteiger charge is 2.33. The van der Waals surface area contributed by atoms with Gasteiger partial charge >= 0.3 is 5.97 Å². The molecular weight excluding hydrogens is 438 g/mol. The average molecular weight is 464 g/mol. The number of carboxylic acids is 1. The van der Waals surface area contributed by atoms with E-state index in [-0.39, 0.29) is 11.7 Å². The molecule has 2 aromatic heterocycles. The highest BCUT2D eigenvalue weighted by atomic mass is 16.5. The summed E-state index contributed by atoms with van der Waals surface area (Å²) in [5, 5.41) is 11.7. The number of aryl methyl sites for hydroxylation is 2. The molecule has 0 amide bonds. The van der Waals surface area contributed by atoms with Gasteiger partial charge in [0.2, 0.25) is 0 Å². The minimum Gasteiger partial charge on any atom is -0.490 e. The lowest BCUT2D eigenvalue weighted by molar-refractivity contribution is 0.0697. The van der Waals surface area contributed by atoms with Crippen LogP contribution in [-0.2, 0) is 0 Å². The second-order valence-electron chi connectivity index (χ2n) is 9.34. The van der Waals surface area contributed by atoms with E-state index in [9.17, 15) is 9.90 Å². The summed E-state index contributed by atoms with van der Waals surface area (Å²) in [4.78, 5) is 17.3. The smallest absolute Gasteiger partial charge is 0.336 e. The standard InChI is InChI=1S/C30H25NO4/c1-17-12-13-26(34-21-14-20(15-21)19-8-4-3-5-9-19)27-23(30(32)33)16-24(31-28(17)27)29-18(2)22-10-6-7-11-25(22)35-29/h3-13,16,20-21H,14-15H2,1-2H3,(H,32,33). The number of nitrogens with zero attached hydrogens (tertiary/aromatic N) is 1. The van der Waals surface area contributed by atoms with Crippen molar-refractivity contribution < 1.29 is 19.1 Å². The molecule has 5 nitrogen and oxygen atoms in total. The first-order valence-corrected chi connectivity index (χ1v) is 11.9. The van der Waals surface area contributed by atoms with Crippen molar-refractivity contribution in [2.45, 2.75) is 38.7 Å². The summed E-state index contributed by atoms with van der Waals surface area (Å²) in [7, 11) is 0. The normalized spacial score (nSPS) is 17.4. The summed E-state index contributed by atoms with van der Waals surface area (Å²) in [5.41, 5.74) is 5.21. The van der Waals surface area contributed by atoms with Crippen LogP contribution in [0, 0.1) is 13.8 Å². The molecule has 0 spiro atoms. The summed E-state index contributed by atoms with van der Waals surface area (Å²) in [5.74, 6) is 0.613. The van der Waals surface area contributed by atoms with Crippen LogP contribution in [0.4, 0.5) is 0 Å². The molecule has 0 radical (unpaired) electrons. The fraction of sp³-hybridized carbons (Fsp3) is 0.200. The summed E-state index contributed by atoms with van der Waals surface area (Å²) in [6.07, 6.45) is 1.86. The summed E-state index contributed by atoms with van der Waals surface area (Å²) in [6.45, 7) is 3.91. The van der Waals surface area contributed by atoms with Crippen molar-refractivity contribution in [3.8, 4) is 17.2 Å². The van der Waals surface area contributed by atoms with Crippen LogP contribution < -0.4 is 4.74 Å². The highest BCUT2D eigenvalue weighted by Crippen LogP contribution is 2.42. The number of carboxylic acid groups (broad SMARTS) is 1. The Balaban J connectivity index is 1.41. The van der Waals surface area contributed by atoms with E-state index >= 15 is 0 Å². The van der Waals surface area contributed by atoms with Gasteiger partial charge in [0.25, 0.3) is 0 Å². The number of furan rings is 1. The van der Waals surface area contributed by atoms with Crippen molar-refractivity contribution in [3.63, 3.8) is 0 Å². The molecule has 5 aromatic rings. The SMILES string of the molecule is Cc1c(-c2cc(C(=O)O)c3c(OC4CC(c5ccccc5)C4)ccc(C)c3n2)oc2ccccc12. The largest absolute Gasteiger partial charge is 0.490 e. The minimum atomic E-state index is -1.02. The number of rotatable bonds is 5. The van der Waals surface area contributed by atoms with Gasteiger partial charge < -0.3 is 14.3 Å². The lowest BCUT2D eigenvalue weighted by atomic mass is 9.77. The van der Waals surface area contributed by atoms with Gasteiger partial charge in [0.05, 0.1) is 22.6 Å². The summed E-state index contributed by atoms with van der Waals surface area (Å²) < 4.78 is 12.4. The third-order valence-corrected chi connectivity index (χ3v) is 7.09. The lowest BCUT2D eigenvalue weighted by Crippen LogP contribution is -2.32. The van der Waals surface area contributed by atoms with Crippen LogP contribution in [0.5, 0.6) is 5.75 Å². The number of hydrogen-bond acceptors (Lipinski definition) is 4. The molecule has 0 bridgehead atoms. The number of ether oxygens (including phenoxy) is 1. The Bertz CT molecular complexity index is 1580. The van der Waals surface area contributed by atoms with Gasteiger partial charge in [0.1, 0.15) is 17.0 Å². The Kier molecular flexibility index (Phi) is 5.06. The van der Waals surface area contributed by atoms with Crippen molar-refractivity contribution in [1.29, 1.82) is 0 Å². The molecule has 0 aliphatic heterocycles. The van der Waals surface area contributed by atoms with Crippen molar-refractivity contribution >= 4 is 27.8 Å². The zero-order valence-corrected chi connectivity index (χ0v) is 19.6. The molecule has 1 fully saturated rings. The van der Waals surface area contributed by atoms with Gasteiger partial charge in [-0.05, 0) is 61.9 Å². The Morgan fingerprint density at radius 2 is 1.74 bits per heavy atom. The van der Waals surface area contributed by atoms with Gasteiger partial charge in [0.15, 0.2) is 5.76 Å². The molecule has 6 rings (SSSR count). The molecule has 35 heavy (non-hydrogen) atoms. The molecule has 2 heterocycles. The van der Waals surface area contributed by atoms with Crippen molar-refractivity contribution in [2.24, 2.45) is 0 Å². The van der Waals surface area contributed by atoms with E-state index in [0.717, 1.165) is 34.9 Å². The molecule has 0 atom stereocenters. The number of benzene rings is 3. The maximum absolute atomic E-state index is 12.4. The first-order valence-electron chi connectivity index (χ1n) is 11.9. The number of aromatic carboxylic acids is 1. The van der Waals surface area contributed by atoms with E-state index in [1.807, 2.05) is 56.3 Å². The maximum Gasteiger partial charge on any atom is 0.336 e. The van der Waals surface area contributed by atoms with E-state index in [1.165, 1.54) is 5.56 Å². The van der Waals surface area contributed by atoms with Gasteiger partial charge in [0, 0.05) is 10.9 Å². The number of para-hydroxylation sites is 1. The average Bonchev–Trinajstić information content (AvgIpc) is 3.19. The second kappa shape index (κ2) is 8.27. The van der Waals surface area contributed by atoms with Crippen LogP contribution in [0.3, 0.4) is 0 Å². The van der Waals surface area contributed by atoms with E-state index in [2.05, 4.69) is 24.3 Å². The fourth-order valence-electron chi connectivity index (χ4n) is 5.08. The van der Waals surface area contributed by atoms with Gasteiger partial charge in [-0.15, -0.1) is 0 Å². The number of fused-ring (bicyclic) bond motifs is 2. The van der Waals surface area contributed by atoms with Crippen LogP contribution in [0.1, 0.15) is 45.8 Å². The highest BCUT2D eigenvalue weighted by molar-refractivity contribution is 6.07. The second-order valence-corrected chi connectivity index (χ2v) is 9.34. The Labute approximate surface area is 203 Å². The van der Waals surface area contributed by atoms with Crippen LogP contribution in [0.2, 0.25) is 0 Å². The molecule has 1 aliphatic rings. The third kappa shape index (κ3) is 3.64. The van der Waals surface area contributed by atoms with Crippen molar-refractivity contribution in [2.75, 3.05) is 0 Å². The topological polar surface area (TPSA) is 72.6 Å². The van der Waals surface area contributed by atoms with Crippen LogP contribution in [0.15, 0.2) is 77.2 Å². The molecule has 1 saturated carbocycles. The molecule has 1 aliphatic carbocycles. The zero-order chi connectivity index (χ0) is 24.1. The molecule has 5 heteroatoms. The molecule has 0 saturated heterocycles. The Hall–Kier alpha value is -4.12.